The number of benzene rings is 1. The van der Waals surface area contributed by atoms with Crippen molar-refractivity contribution in [3.05, 3.63) is 76.7 Å². The predicted octanol–water partition coefficient (Wildman–Crippen LogP) is 3.75. The summed E-state index contributed by atoms with van der Waals surface area (Å²) in [5, 5.41) is 11.9. The summed E-state index contributed by atoms with van der Waals surface area (Å²) < 4.78 is 27.8. The minimum Gasteiger partial charge on any atom is -0.370 e. The summed E-state index contributed by atoms with van der Waals surface area (Å²) in [7, 11) is -3.69. The molecule has 0 aliphatic heterocycles. The van der Waals surface area contributed by atoms with Crippen molar-refractivity contribution in [3.8, 4) is 6.07 Å². The Bertz CT molecular complexity index is 1020. The van der Waals surface area contributed by atoms with Gasteiger partial charge in [-0.15, -0.1) is 0 Å². The topological polar surface area (TPSA) is 94.9 Å². The van der Waals surface area contributed by atoms with E-state index in [2.05, 4.69) is 21.1 Å². The Morgan fingerprint density at radius 2 is 1.93 bits per heavy atom. The summed E-state index contributed by atoms with van der Waals surface area (Å²) >= 11 is 0. The van der Waals surface area contributed by atoms with E-state index in [0.29, 0.717) is 24.3 Å². The van der Waals surface area contributed by atoms with E-state index in [9.17, 15) is 8.42 Å². The molecule has 1 heterocycles. The minimum absolute atomic E-state index is 0.0897. The minimum atomic E-state index is -3.69. The normalized spacial score (nSPS) is 16.3. The van der Waals surface area contributed by atoms with Crippen molar-refractivity contribution in [1.82, 2.24) is 4.98 Å². The fourth-order valence-electron chi connectivity index (χ4n) is 2.82. The molecule has 6 nitrogen and oxygen atoms in total. The Kier molecular flexibility index (Phi) is 5.57. The molecule has 1 aliphatic carbocycles. The number of nitrogens with one attached hydrogen (secondary N) is 2. The predicted molar refractivity (Wildman–Crippen MR) is 107 cm³/mol. The number of anilines is 2. The van der Waals surface area contributed by atoms with Gasteiger partial charge in [0.05, 0.1) is 16.5 Å². The molecule has 27 heavy (non-hydrogen) atoms. The largest absolute Gasteiger partial charge is 0.370 e. The molecule has 2 aromatic rings. The molecule has 7 heteroatoms. The van der Waals surface area contributed by atoms with Crippen LogP contribution in [0.25, 0.3) is 0 Å². The van der Waals surface area contributed by atoms with Crippen LogP contribution in [0.2, 0.25) is 0 Å². The van der Waals surface area contributed by atoms with Crippen LogP contribution < -0.4 is 10.0 Å². The lowest BCUT2D eigenvalue weighted by Crippen LogP contribution is -2.17. The van der Waals surface area contributed by atoms with E-state index in [0.717, 1.165) is 5.56 Å². The molecule has 0 radical (unpaired) electrons. The van der Waals surface area contributed by atoms with Crippen LogP contribution in [0.1, 0.15) is 30.4 Å². The van der Waals surface area contributed by atoms with Crippen LogP contribution in [-0.4, -0.2) is 19.9 Å². The number of hydrogen-bond donors (Lipinski definition) is 2. The number of aromatic nitrogens is 1. The fourth-order valence-corrected chi connectivity index (χ4v) is 3.90. The van der Waals surface area contributed by atoms with Gasteiger partial charge in [0, 0.05) is 12.5 Å². The summed E-state index contributed by atoms with van der Waals surface area (Å²) in [5.41, 5.74) is 1.65. The van der Waals surface area contributed by atoms with Gasteiger partial charge in [0.1, 0.15) is 11.6 Å². The molecule has 0 saturated carbocycles. The van der Waals surface area contributed by atoms with Crippen molar-refractivity contribution in [2.45, 2.75) is 19.3 Å². The number of hydrogen-bond acceptors (Lipinski definition) is 5. The maximum absolute atomic E-state index is 12.6. The Morgan fingerprint density at radius 1 is 1.19 bits per heavy atom. The van der Waals surface area contributed by atoms with Gasteiger partial charge in [-0.2, -0.15) is 5.26 Å². The zero-order valence-corrected chi connectivity index (χ0v) is 15.7. The molecule has 0 saturated heterocycles. The molecule has 0 fully saturated rings. The van der Waals surface area contributed by atoms with Gasteiger partial charge in [0.2, 0.25) is 0 Å². The number of nitriles is 1. The maximum atomic E-state index is 12.6. The molecule has 1 aliphatic rings. The summed E-state index contributed by atoms with van der Waals surface area (Å²) in [6, 6.07) is 14.6. The molecular formula is C20H20N4O2S. The van der Waals surface area contributed by atoms with Crippen molar-refractivity contribution in [1.29, 1.82) is 5.26 Å². The van der Waals surface area contributed by atoms with Gasteiger partial charge in [-0.1, -0.05) is 30.4 Å². The Balaban J connectivity index is 1.71. The second-order valence-corrected chi connectivity index (χ2v) is 7.77. The average molecular weight is 380 g/mol. The van der Waals surface area contributed by atoms with E-state index in [-0.39, 0.29) is 16.6 Å². The summed E-state index contributed by atoms with van der Waals surface area (Å²) in [5.74, 6) is 0.982. The highest BCUT2D eigenvalue weighted by Crippen LogP contribution is 2.29. The lowest BCUT2D eigenvalue weighted by molar-refractivity contribution is 0.607. The fraction of sp³-hybridized carbons (Fsp3) is 0.200. The van der Waals surface area contributed by atoms with E-state index < -0.39 is 10.0 Å². The summed E-state index contributed by atoms with van der Waals surface area (Å²) in [6.45, 7) is 2.65. The van der Waals surface area contributed by atoms with Crippen molar-refractivity contribution in [3.63, 3.8) is 0 Å². The van der Waals surface area contributed by atoms with E-state index in [4.69, 9.17) is 5.26 Å². The van der Waals surface area contributed by atoms with Gasteiger partial charge in [0.25, 0.3) is 10.0 Å². The summed E-state index contributed by atoms with van der Waals surface area (Å²) in [4.78, 5) is 4.47. The van der Waals surface area contributed by atoms with Gasteiger partial charge in [-0.3, -0.25) is 4.72 Å². The number of sulfonamides is 1. The molecule has 2 N–H and O–H groups in total. The van der Waals surface area contributed by atoms with E-state index in [1.165, 1.54) is 0 Å². The SMILES string of the molecule is CCNc1cccc(NS(=O)(=O)C2=CCC(c3ccc(C#N)cc3)C=C2)n1. The van der Waals surface area contributed by atoms with Crippen LogP contribution in [0.3, 0.4) is 0 Å². The van der Waals surface area contributed by atoms with Crippen molar-refractivity contribution < 1.29 is 8.42 Å². The van der Waals surface area contributed by atoms with Crippen molar-refractivity contribution in [2.24, 2.45) is 0 Å². The van der Waals surface area contributed by atoms with E-state index in [1.807, 2.05) is 25.1 Å². The third-order valence-electron chi connectivity index (χ3n) is 4.19. The lowest BCUT2D eigenvalue weighted by Gasteiger charge is -2.17. The third-order valence-corrected chi connectivity index (χ3v) is 5.59. The smallest absolute Gasteiger partial charge is 0.262 e. The van der Waals surface area contributed by atoms with E-state index in [1.54, 1.807) is 42.5 Å². The molecule has 0 spiro atoms. The quantitative estimate of drug-likeness (QED) is 0.796. The first-order chi connectivity index (χ1) is 13.0. The Hall–Kier alpha value is -3.11. The van der Waals surface area contributed by atoms with Crippen molar-refractivity contribution in [2.75, 3.05) is 16.6 Å². The molecule has 1 aromatic heterocycles. The first-order valence-corrected chi connectivity index (χ1v) is 10.1. The van der Waals surface area contributed by atoms with Crippen molar-refractivity contribution >= 4 is 21.7 Å². The van der Waals surface area contributed by atoms with Crippen LogP contribution in [0.15, 0.2) is 65.6 Å². The van der Waals surface area contributed by atoms with Crippen LogP contribution in [-0.2, 0) is 10.0 Å². The third kappa shape index (κ3) is 4.54. The van der Waals surface area contributed by atoms with Gasteiger partial charge in [-0.25, -0.2) is 13.4 Å². The first-order valence-electron chi connectivity index (χ1n) is 8.64. The summed E-state index contributed by atoms with van der Waals surface area (Å²) in [6.07, 6.45) is 5.77. The lowest BCUT2D eigenvalue weighted by atomic mass is 9.92. The molecule has 138 valence electrons. The molecule has 0 amide bonds. The van der Waals surface area contributed by atoms with Gasteiger partial charge < -0.3 is 5.32 Å². The van der Waals surface area contributed by atoms with Crippen LogP contribution in [0.5, 0.6) is 0 Å². The number of allylic oxidation sites excluding steroid dienone is 3. The number of nitrogens with zero attached hydrogens (tertiary/aromatic N) is 2. The zero-order chi connectivity index (χ0) is 19.3. The van der Waals surface area contributed by atoms with Crippen LogP contribution >= 0.6 is 0 Å². The first kappa shape index (κ1) is 18.7. The molecule has 1 aromatic carbocycles. The molecule has 3 rings (SSSR count). The standard InChI is InChI=1S/C20H20N4O2S/c1-2-22-19-4-3-5-20(23-19)24-27(25,26)18-12-10-17(11-13-18)16-8-6-15(14-21)7-9-16/h3-10,12-13,17H,2,11H2,1H3,(H2,22,23,24). The molecule has 1 unspecified atom stereocenters. The monoisotopic (exact) mass is 380 g/mol. The molecule has 0 bridgehead atoms. The Morgan fingerprint density at radius 3 is 2.56 bits per heavy atom. The average Bonchev–Trinajstić information content (AvgIpc) is 2.68. The van der Waals surface area contributed by atoms with E-state index >= 15 is 0 Å². The van der Waals surface area contributed by atoms with Crippen LogP contribution in [0.4, 0.5) is 11.6 Å². The second-order valence-electron chi connectivity index (χ2n) is 6.09. The zero-order valence-electron chi connectivity index (χ0n) is 14.9. The van der Waals surface area contributed by atoms with Crippen LogP contribution in [0, 0.1) is 11.3 Å². The van der Waals surface area contributed by atoms with Gasteiger partial charge >= 0.3 is 0 Å². The second kappa shape index (κ2) is 8.06. The highest BCUT2D eigenvalue weighted by molar-refractivity contribution is 7.96. The Labute approximate surface area is 159 Å². The maximum Gasteiger partial charge on any atom is 0.262 e. The molecule has 1 atom stereocenters. The molecular weight excluding hydrogens is 360 g/mol. The number of pyridine rings is 1. The highest BCUT2D eigenvalue weighted by Gasteiger charge is 2.20. The highest BCUT2D eigenvalue weighted by atomic mass is 32.2. The van der Waals surface area contributed by atoms with Gasteiger partial charge in [-0.05, 0) is 49.2 Å². The number of rotatable bonds is 6. The van der Waals surface area contributed by atoms with Gasteiger partial charge in [0.15, 0.2) is 0 Å².